The van der Waals surface area contributed by atoms with Gasteiger partial charge in [0.25, 0.3) is 0 Å². The summed E-state index contributed by atoms with van der Waals surface area (Å²) < 4.78 is 0. The molecule has 0 amide bonds. The summed E-state index contributed by atoms with van der Waals surface area (Å²) in [6.45, 7) is 7.11. The van der Waals surface area contributed by atoms with E-state index >= 15 is 0 Å². The largest absolute Gasteiger partial charge is 0.160 e. The first kappa shape index (κ1) is 13.8. The summed E-state index contributed by atoms with van der Waals surface area (Å²) >= 11 is 6.12. The summed E-state index contributed by atoms with van der Waals surface area (Å²) in [5, 5.41) is 9.55. The van der Waals surface area contributed by atoms with Crippen LogP contribution in [0.2, 0.25) is 5.02 Å². The second-order valence-corrected chi connectivity index (χ2v) is 7.21. The summed E-state index contributed by atoms with van der Waals surface area (Å²) in [7, 11) is 0. The summed E-state index contributed by atoms with van der Waals surface area (Å²) in [5.41, 5.74) is 2.76. The molecule has 0 aliphatic heterocycles. The lowest BCUT2D eigenvalue weighted by atomic mass is 9.70. The van der Waals surface area contributed by atoms with Gasteiger partial charge < -0.3 is 0 Å². The van der Waals surface area contributed by atoms with Crippen LogP contribution in [0.15, 0.2) is 34.5 Å². The van der Waals surface area contributed by atoms with Gasteiger partial charge in [0.05, 0.1) is 6.21 Å². The Bertz CT molecular complexity index is 588. The minimum atomic E-state index is 0.218. The monoisotopic (exact) mass is 288 g/mol. The Balaban J connectivity index is 1.84. The predicted octanol–water partition coefficient (Wildman–Crippen LogP) is 4.96. The second kappa shape index (κ2) is 4.70. The zero-order chi connectivity index (χ0) is 14.4. The van der Waals surface area contributed by atoms with Crippen LogP contribution in [0.4, 0.5) is 0 Å². The van der Waals surface area contributed by atoms with Crippen molar-refractivity contribution in [1.29, 1.82) is 0 Å². The van der Waals surface area contributed by atoms with Crippen LogP contribution in [0.3, 0.4) is 0 Å². The molecule has 2 fully saturated rings. The lowest BCUT2D eigenvalue weighted by molar-refractivity contribution is 0.194. The summed E-state index contributed by atoms with van der Waals surface area (Å²) in [4.78, 5) is 0. The Labute approximate surface area is 125 Å². The summed E-state index contributed by atoms with van der Waals surface area (Å²) in [5.74, 6) is 0.766. The van der Waals surface area contributed by atoms with Gasteiger partial charge >= 0.3 is 0 Å². The molecule has 1 aromatic carbocycles. The molecular formula is C17H21ClN2. The fourth-order valence-electron chi connectivity index (χ4n) is 3.82. The van der Waals surface area contributed by atoms with Crippen molar-refractivity contribution in [2.24, 2.45) is 27.0 Å². The van der Waals surface area contributed by atoms with E-state index in [1.165, 1.54) is 18.6 Å². The molecule has 2 unspecified atom stereocenters. The van der Waals surface area contributed by atoms with Crippen molar-refractivity contribution in [3.8, 4) is 0 Å². The van der Waals surface area contributed by atoms with Gasteiger partial charge in [-0.3, -0.25) is 0 Å². The fraction of sp³-hybridized carbons (Fsp3) is 0.529. The first-order valence-corrected chi connectivity index (χ1v) is 7.68. The van der Waals surface area contributed by atoms with E-state index < -0.39 is 0 Å². The number of fused-ring (bicyclic) bond motifs is 2. The molecule has 20 heavy (non-hydrogen) atoms. The number of nitrogens with zero attached hydrogens (tertiary/aromatic N) is 2. The molecule has 0 spiro atoms. The molecule has 3 heteroatoms. The van der Waals surface area contributed by atoms with E-state index in [0.717, 1.165) is 22.9 Å². The molecule has 0 aromatic heterocycles. The molecule has 2 bridgehead atoms. The Kier molecular flexibility index (Phi) is 3.24. The van der Waals surface area contributed by atoms with Gasteiger partial charge in [0.15, 0.2) is 0 Å². The van der Waals surface area contributed by atoms with Crippen LogP contribution in [0.25, 0.3) is 0 Å². The van der Waals surface area contributed by atoms with E-state index in [0.29, 0.717) is 5.41 Å². The highest BCUT2D eigenvalue weighted by atomic mass is 35.5. The number of rotatable bonds is 2. The van der Waals surface area contributed by atoms with E-state index in [1.54, 1.807) is 6.21 Å². The molecule has 0 N–H and O–H groups in total. The lowest BCUT2D eigenvalue weighted by Gasteiger charge is -2.34. The van der Waals surface area contributed by atoms with E-state index in [2.05, 4.69) is 31.0 Å². The molecule has 2 aliphatic carbocycles. The van der Waals surface area contributed by atoms with E-state index in [9.17, 15) is 0 Å². The molecular weight excluding hydrogens is 268 g/mol. The lowest BCUT2D eigenvalue weighted by Crippen LogP contribution is -2.32. The SMILES string of the molecule is CC12CCC(CC1=NN=Cc1ccccc1Cl)C2(C)C. The standard InChI is InChI=1S/C17H21ClN2/c1-16(2)13-8-9-17(16,3)15(10-13)20-19-11-12-6-4-5-7-14(12)18/h4-7,11,13H,8-10H2,1-3H3. The van der Waals surface area contributed by atoms with E-state index in [-0.39, 0.29) is 5.41 Å². The van der Waals surface area contributed by atoms with Crippen molar-refractivity contribution < 1.29 is 0 Å². The first-order chi connectivity index (χ1) is 9.45. The molecule has 0 heterocycles. The van der Waals surface area contributed by atoms with Crippen molar-refractivity contribution in [2.75, 3.05) is 0 Å². The number of hydrogen-bond acceptors (Lipinski definition) is 2. The minimum absolute atomic E-state index is 0.218. The van der Waals surface area contributed by atoms with E-state index in [1.807, 2.05) is 24.3 Å². The smallest absolute Gasteiger partial charge is 0.0583 e. The zero-order valence-electron chi connectivity index (χ0n) is 12.4. The maximum Gasteiger partial charge on any atom is 0.0583 e. The topological polar surface area (TPSA) is 24.7 Å². The number of hydrogen-bond donors (Lipinski definition) is 0. The van der Waals surface area contributed by atoms with Gasteiger partial charge in [0.2, 0.25) is 0 Å². The maximum atomic E-state index is 6.12. The summed E-state index contributed by atoms with van der Waals surface area (Å²) in [6, 6.07) is 7.71. The maximum absolute atomic E-state index is 6.12. The van der Waals surface area contributed by atoms with Gasteiger partial charge in [-0.05, 0) is 36.7 Å². The van der Waals surface area contributed by atoms with Crippen molar-refractivity contribution in [2.45, 2.75) is 40.0 Å². The third-order valence-corrected chi connectivity index (χ3v) is 6.14. The second-order valence-electron chi connectivity index (χ2n) is 6.81. The highest BCUT2D eigenvalue weighted by molar-refractivity contribution is 6.33. The molecule has 2 saturated carbocycles. The molecule has 2 atom stereocenters. The van der Waals surface area contributed by atoms with Gasteiger partial charge in [-0.15, -0.1) is 0 Å². The third kappa shape index (κ3) is 1.93. The normalized spacial score (nSPS) is 33.4. The highest BCUT2D eigenvalue weighted by Crippen LogP contribution is 2.63. The van der Waals surface area contributed by atoms with E-state index in [4.69, 9.17) is 11.6 Å². The van der Waals surface area contributed by atoms with Gasteiger partial charge in [0.1, 0.15) is 0 Å². The predicted molar refractivity (Wildman–Crippen MR) is 85.7 cm³/mol. The highest BCUT2D eigenvalue weighted by Gasteiger charge is 2.59. The third-order valence-electron chi connectivity index (χ3n) is 5.79. The van der Waals surface area contributed by atoms with Gasteiger partial charge in [-0.25, -0.2) is 0 Å². The molecule has 0 saturated heterocycles. The zero-order valence-corrected chi connectivity index (χ0v) is 13.1. The van der Waals surface area contributed by atoms with Gasteiger partial charge in [-0.1, -0.05) is 50.6 Å². The first-order valence-electron chi connectivity index (χ1n) is 7.30. The van der Waals surface area contributed by atoms with Gasteiger partial charge in [-0.2, -0.15) is 10.2 Å². The van der Waals surface area contributed by atoms with Gasteiger partial charge in [0, 0.05) is 21.7 Å². The fourth-order valence-corrected chi connectivity index (χ4v) is 4.00. The molecule has 1 aromatic rings. The molecule has 106 valence electrons. The van der Waals surface area contributed by atoms with Crippen molar-refractivity contribution >= 4 is 23.5 Å². The number of benzene rings is 1. The van der Waals surface area contributed by atoms with Crippen LogP contribution < -0.4 is 0 Å². The average molecular weight is 289 g/mol. The van der Waals surface area contributed by atoms with Crippen LogP contribution >= 0.6 is 11.6 Å². The van der Waals surface area contributed by atoms with Crippen LogP contribution in [0.5, 0.6) is 0 Å². The van der Waals surface area contributed by atoms with Crippen LogP contribution in [-0.2, 0) is 0 Å². The van der Waals surface area contributed by atoms with Crippen molar-refractivity contribution in [3.63, 3.8) is 0 Å². The molecule has 2 nitrogen and oxygen atoms in total. The van der Waals surface area contributed by atoms with Crippen LogP contribution in [-0.4, -0.2) is 11.9 Å². The molecule has 2 aliphatic rings. The molecule has 3 rings (SSSR count). The minimum Gasteiger partial charge on any atom is -0.160 e. The Morgan fingerprint density at radius 1 is 1.25 bits per heavy atom. The Morgan fingerprint density at radius 2 is 2.00 bits per heavy atom. The summed E-state index contributed by atoms with van der Waals surface area (Å²) in [6.07, 6.45) is 5.43. The Hall–Kier alpha value is -1.15. The van der Waals surface area contributed by atoms with Crippen LogP contribution in [0, 0.1) is 16.7 Å². The number of halogens is 1. The van der Waals surface area contributed by atoms with Crippen LogP contribution in [0.1, 0.15) is 45.6 Å². The quantitative estimate of drug-likeness (QED) is 0.543. The molecule has 0 radical (unpaired) electrons. The average Bonchev–Trinajstić information content (AvgIpc) is 2.74. The van der Waals surface area contributed by atoms with Crippen molar-refractivity contribution in [1.82, 2.24) is 0 Å². The van der Waals surface area contributed by atoms with Crippen molar-refractivity contribution in [3.05, 3.63) is 34.9 Å². The Morgan fingerprint density at radius 3 is 2.60 bits per heavy atom.